The molecule has 0 aliphatic rings. The summed E-state index contributed by atoms with van der Waals surface area (Å²) in [6, 6.07) is 12.9. The lowest BCUT2D eigenvalue weighted by Gasteiger charge is -2.11. The van der Waals surface area contributed by atoms with E-state index in [0.29, 0.717) is 0 Å². The van der Waals surface area contributed by atoms with Gasteiger partial charge < -0.3 is 4.90 Å². The molecule has 21 heavy (non-hydrogen) atoms. The fourth-order valence-electron chi connectivity index (χ4n) is 2.15. The van der Waals surface area contributed by atoms with Crippen molar-refractivity contribution in [2.75, 3.05) is 19.0 Å². The average Bonchev–Trinajstić information content (AvgIpc) is 2.52. The van der Waals surface area contributed by atoms with Crippen LogP contribution in [0, 0.1) is 0 Å². The molecule has 0 spiro atoms. The molecule has 0 atom stereocenters. The Kier molecular flexibility index (Phi) is 5.56. The van der Waals surface area contributed by atoms with Gasteiger partial charge in [0.05, 0.1) is 0 Å². The Bertz CT molecular complexity index is 566. The molecule has 0 unspecified atom stereocenters. The van der Waals surface area contributed by atoms with Crippen molar-refractivity contribution < 1.29 is 4.57 Å². The Morgan fingerprint density at radius 3 is 2.00 bits per heavy atom. The minimum absolute atomic E-state index is 1.10. The zero-order valence-electron chi connectivity index (χ0n) is 13.3. The van der Waals surface area contributed by atoms with Crippen LogP contribution < -0.4 is 9.47 Å². The van der Waals surface area contributed by atoms with Crippen LogP contribution in [0.1, 0.15) is 30.9 Å². The van der Waals surface area contributed by atoms with E-state index in [9.17, 15) is 0 Å². The van der Waals surface area contributed by atoms with Crippen molar-refractivity contribution in [2.24, 2.45) is 0 Å². The van der Waals surface area contributed by atoms with E-state index in [1.807, 2.05) is 0 Å². The molecular weight excluding hydrogens is 256 g/mol. The summed E-state index contributed by atoms with van der Waals surface area (Å²) in [4.78, 5) is 2.11. The average molecular weight is 281 g/mol. The van der Waals surface area contributed by atoms with Gasteiger partial charge in [-0.25, -0.2) is 4.57 Å². The summed E-state index contributed by atoms with van der Waals surface area (Å²) in [6.07, 6.45) is 11.1. The van der Waals surface area contributed by atoms with Crippen LogP contribution in [0.5, 0.6) is 0 Å². The quantitative estimate of drug-likeness (QED) is 0.726. The molecule has 2 heteroatoms. The van der Waals surface area contributed by atoms with E-state index >= 15 is 0 Å². The van der Waals surface area contributed by atoms with Crippen molar-refractivity contribution >= 4 is 17.8 Å². The minimum atomic E-state index is 1.10. The zero-order valence-corrected chi connectivity index (χ0v) is 13.3. The summed E-state index contributed by atoms with van der Waals surface area (Å²) >= 11 is 0. The molecule has 0 N–H and O–H groups in total. The third-order valence-electron chi connectivity index (χ3n) is 3.56. The summed E-state index contributed by atoms with van der Waals surface area (Å²) in [5.74, 6) is 0. The standard InChI is InChI=1S/C19H25N2/c1-4-5-14-21-15-12-18(13-16-21)7-6-17-8-10-19(11-9-17)20(2)3/h6-13,15-16H,4-5,14H2,1-3H3/q+1. The highest BCUT2D eigenvalue weighted by molar-refractivity contribution is 5.70. The van der Waals surface area contributed by atoms with Crippen molar-refractivity contribution in [1.82, 2.24) is 0 Å². The number of anilines is 1. The van der Waals surface area contributed by atoms with Gasteiger partial charge in [-0.15, -0.1) is 0 Å². The predicted molar refractivity (Wildman–Crippen MR) is 91.2 cm³/mol. The van der Waals surface area contributed by atoms with Gasteiger partial charge in [0, 0.05) is 38.3 Å². The van der Waals surface area contributed by atoms with Crippen LogP contribution >= 0.6 is 0 Å². The number of hydrogen-bond donors (Lipinski definition) is 0. The Labute approximate surface area is 128 Å². The van der Waals surface area contributed by atoms with Crippen LogP contribution in [0.3, 0.4) is 0 Å². The van der Waals surface area contributed by atoms with E-state index in [-0.39, 0.29) is 0 Å². The highest BCUT2D eigenvalue weighted by Crippen LogP contribution is 2.14. The number of hydrogen-bond acceptors (Lipinski definition) is 1. The van der Waals surface area contributed by atoms with Crippen molar-refractivity contribution in [3.8, 4) is 0 Å². The Morgan fingerprint density at radius 1 is 0.905 bits per heavy atom. The van der Waals surface area contributed by atoms with Gasteiger partial charge in [0.1, 0.15) is 6.54 Å². The maximum absolute atomic E-state index is 2.24. The summed E-state index contributed by atoms with van der Waals surface area (Å²) in [5.41, 5.74) is 3.69. The summed E-state index contributed by atoms with van der Waals surface area (Å²) in [6.45, 7) is 3.33. The van der Waals surface area contributed by atoms with Gasteiger partial charge in [-0.2, -0.15) is 0 Å². The fourth-order valence-corrected chi connectivity index (χ4v) is 2.15. The maximum Gasteiger partial charge on any atom is 0.169 e. The molecule has 0 aliphatic heterocycles. The molecule has 0 amide bonds. The molecule has 0 fully saturated rings. The number of pyridine rings is 1. The Hall–Kier alpha value is -2.09. The SMILES string of the molecule is CCCC[n+]1ccc(/C=C/c2ccc(N(C)C)cc2)cc1. The molecule has 0 saturated heterocycles. The normalized spacial score (nSPS) is 11.0. The molecule has 110 valence electrons. The molecular formula is C19H25N2+. The third kappa shape index (κ3) is 4.75. The first-order valence-electron chi connectivity index (χ1n) is 7.63. The van der Waals surface area contributed by atoms with Crippen LogP contribution in [0.25, 0.3) is 12.2 Å². The van der Waals surface area contributed by atoms with E-state index in [1.165, 1.54) is 29.7 Å². The lowest BCUT2D eigenvalue weighted by molar-refractivity contribution is -0.697. The van der Waals surface area contributed by atoms with Gasteiger partial charge in [-0.1, -0.05) is 37.6 Å². The monoisotopic (exact) mass is 281 g/mol. The first-order valence-corrected chi connectivity index (χ1v) is 7.63. The molecule has 0 saturated carbocycles. The van der Waals surface area contributed by atoms with Gasteiger partial charge in [0.25, 0.3) is 0 Å². The highest BCUT2D eigenvalue weighted by Gasteiger charge is 1.98. The van der Waals surface area contributed by atoms with E-state index in [0.717, 1.165) is 6.54 Å². The Balaban J connectivity index is 2.00. The number of nitrogens with zero attached hydrogens (tertiary/aromatic N) is 2. The van der Waals surface area contributed by atoms with Crippen molar-refractivity contribution in [3.63, 3.8) is 0 Å². The van der Waals surface area contributed by atoms with Gasteiger partial charge in [0.15, 0.2) is 12.4 Å². The number of aromatic nitrogens is 1. The Morgan fingerprint density at radius 2 is 1.48 bits per heavy atom. The van der Waals surface area contributed by atoms with Gasteiger partial charge in [0.2, 0.25) is 0 Å². The molecule has 0 bridgehead atoms. The summed E-state index contributed by atoms with van der Waals surface area (Å²) in [5, 5.41) is 0. The highest BCUT2D eigenvalue weighted by atomic mass is 15.1. The number of benzene rings is 1. The third-order valence-corrected chi connectivity index (χ3v) is 3.56. The first kappa shape index (κ1) is 15.3. The van der Waals surface area contributed by atoms with Crippen LogP contribution in [-0.4, -0.2) is 14.1 Å². The fraction of sp³-hybridized carbons (Fsp3) is 0.316. The number of aryl methyl sites for hydroxylation is 1. The topological polar surface area (TPSA) is 7.12 Å². The van der Waals surface area contributed by atoms with Crippen LogP contribution in [0.4, 0.5) is 5.69 Å². The van der Waals surface area contributed by atoms with Crippen molar-refractivity contribution in [3.05, 3.63) is 59.9 Å². The van der Waals surface area contributed by atoms with E-state index in [2.05, 4.69) is 91.4 Å². The molecule has 1 aromatic carbocycles. The lowest BCUT2D eigenvalue weighted by atomic mass is 10.1. The molecule has 2 nitrogen and oxygen atoms in total. The summed E-state index contributed by atoms with van der Waals surface area (Å²) in [7, 11) is 4.12. The minimum Gasteiger partial charge on any atom is -0.378 e. The molecule has 0 aliphatic carbocycles. The zero-order chi connectivity index (χ0) is 15.1. The van der Waals surface area contributed by atoms with E-state index in [1.54, 1.807) is 0 Å². The molecule has 0 radical (unpaired) electrons. The predicted octanol–water partition coefficient (Wildman–Crippen LogP) is 4.01. The molecule has 1 aromatic heterocycles. The molecule has 2 rings (SSSR count). The molecule has 2 aromatic rings. The second-order valence-electron chi connectivity index (χ2n) is 5.54. The van der Waals surface area contributed by atoms with E-state index < -0.39 is 0 Å². The lowest BCUT2D eigenvalue weighted by Crippen LogP contribution is -2.32. The molecule has 1 heterocycles. The van der Waals surface area contributed by atoms with Gasteiger partial charge in [-0.05, 0) is 23.3 Å². The second kappa shape index (κ2) is 7.63. The number of rotatable bonds is 6. The van der Waals surface area contributed by atoms with Gasteiger partial charge in [-0.3, -0.25) is 0 Å². The second-order valence-corrected chi connectivity index (χ2v) is 5.54. The van der Waals surface area contributed by atoms with Crippen molar-refractivity contribution in [2.45, 2.75) is 26.3 Å². The first-order chi connectivity index (χ1) is 10.2. The van der Waals surface area contributed by atoms with Crippen molar-refractivity contribution in [1.29, 1.82) is 0 Å². The van der Waals surface area contributed by atoms with E-state index in [4.69, 9.17) is 0 Å². The number of unbranched alkanes of at least 4 members (excludes halogenated alkanes) is 1. The largest absolute Gasteiger partial charge is 0.378 e. The smallest absolute Gasteiger partial charge is 0.169 e. The van der Waals surface area contributed by atoms with Crippen LogP contribution in [0.15, 0.2) is 48.8 Å². The van der Waals surface area contributed by atoms with Gasteiger partial charge >= 0.3 is 0 Å². The summed E-state index contributed by atoms with van der Waals surface area (Å²) < 4.78 is 2.24. The van der Waals surface area contributed by atoms with Crippen LogP contribution in [-0.2, 0) is 6.54 Å². The maximum atomic E-state index is 2.24. The van der Waals surface area contributed by atoms with Crippen LogP contribution in [0.2, 0.25) is 0 Å².